The Bertz CT molecular complexity index is 1030. The van der Waals surface area contributed by atoms with Gasteiger partial charge in [0.2, 0.25) is 15.9 Å². The van der Waals surface area contributed by atoms with Crippen molar-refractivity contribution in [2.45, 2.75) is 37.6 Å². The molecule has 0 aromatic heterocycles. The summed E-state index contributed by atoms with van der Waals surface area (Å²) in [6.45, 7) is 7.89. The number of hydrogen-bond acceptors (Lipinski definition) is 4. The van der Waals surface area contributed by atoms with Gasteiger partial charge in [0.05, 0.1) is 11.4 Å². The smallest absolute Gasteiger partial charge is 0.243 e. The first-order valence-corrected chi connectivity index (χ1v) is 12.5. The van der Waals surface area contributed by atoms with E-state index in [1.807, 2.05) is 29.2 Å². The minimum absolute atomic E-state index is 0.120. The minimum atomic E-state index is -3.50. The highest BCUT2D eigenvalue weighted by molar-refractivity contribution is 7.89. The highest BCUT2D eigenvalue weighted by atomic mass is 32.2. The summed E-state index contributed by atoms with van der Waals surface area (Å²) in [5.41, 5.74) is 3.68. The number of rotatable bonds is 5. The summed E-state index contributed by atoms with van der Waals surface area (Å²) in [7, 11) is -3.50. The van der Waals surface area contributed by atoms with Crippen LogP contribution in [0.4, 0.5) is 0 Å². The summed E-state index contributed by atoms with van der Waals surface area (Å²) in [4.78, 5) is 17.1. The lowest BCUT2D eigenvalue weighted by atomic mass is 10.00. The number of hydrogen-bond donors (Lipinski definition) is 0. The second-order valence-corrected chi connectivity index (χ2v) is 10.7. The summed E-state index contributed by atoms with van der Waals surface area (Å²) in [6.07, 6.45) is 0.892. The van der Waals surface area contributed by atoms with E-state index in [1.54, 1.807) is 12.1 Å². The Kier molecular flexibility index (Phi) is 6.46. The molecule has 6 nitrogen and oxygen atoms in total. The number of piperazine rings is 1. The van der Waals surface area contributed by atoms with Gasteiger partial charge in [-0.15, -0.1) is 0 Å². The Labute approximate surface area is 185 Å². The molecule has 0 aliphatic carbocycles. The maximum Gasteiger partial charge on any atom is 0.243 e. The van der Waals surface area contributed by atoms with E-state index >= 15 is 0 Å². The highest BCUT2D eigenvalue weighted by Crippen LogP contribution is 2.22. The van der Waals surface area contributed by atoms with Crippen molar-refractivity contribution in [2.24, 2.45) is 0 Å². The van der Waals surface area contributed by atoms with Crippen molar-refractivity contribution in [3.05, 3.63) is 65.2 Å². The number of carbonyl (C=O) groups excluding carboxylic acids is 1. The summed E-state index contributed by atoms with van der Waals surface area (Å²) in [5.74, 6) is 0.487. The molecule has 2 aromatic rings. The molecule has 0 bridgehead atoms. The molecule has 4 rings (SSSR count). The van der Waals surface area contributed by atoms with Crippen molar-refractivity contribution in [1.29, 1.82) is 0 Å². The number of nitrogens with zero attached hydrogens (tertiary/aromatic N) is 3. The molecule has 2 aliphatic heterocycles. The Morgan fingerprint density at radius 3 is 2.19 bits per heavy atom. The quantitative estimate of drug-likeness (QED) is 0.716. The van der Waals surface area contributed by atoms with Crippen LogP contribution in [0.25, 0.3) is 0 Å². The van der Waals surface area contributed by atoms with Crippen LogP contribution in [0.3, 0.4) is 0 Å². The van der Waals surface area contributed by atoms with E-state index in [9.17, 15) is 13.2 Å². The molecule has 166 valence electrons. The molecule has 0 spiro atoms. The Morgan fingerprint density at radius 2 is 1.55 bits per heavy atom. The summed E-state index contributed by atoms with van der Waals surface area (Å²) >= 11 is 0. The SMILES string of the molecule is CC(C)c1ccc(S(=O)(=O)N2CCN(CC(=O)N3CCc4ccccc4C3)CC2)cc1. The molecule has 2 heterocycles. The largest absolute Gasteiger partial charge is 0.337 e. The molecule has 7 heteroatoms. The van der Waals surface area contributed by atoms with Gasteiger partial charge in [-0.25, -0.2) is 8.42 Å². The number of fused-ring (bicyclic) bond motifs is 1. The molecule has 0 saturated carbocycles. The van der Waals surface area contributed by atoms with Crippen LogP contribution in [-0.2, 0) is 27.8 Å². The molecule has 0 atom stereocenters. The van der Waals surface area contributed by atoms with Gasteiger partial charge in [0.15, 0.2) is 0 Å². The van der Waals surface area contributed by atoms with Crippen LogP contribution >= 0.6 is 0 Å². The molecular weight excluding hydrogens is 410 g/mol. The maximum atomic E-state index is 13.0. The third-order valence-electron chi connectivity index (χ3n) is 6.36. The lowest BCUT2D eigenvalue weighted by molar-refractivity contribution is -0.133. The molecule has 1 amide bonds. The fourth-order valence-corrected chi connectivity index (χ4v) is 5.72. The third-order valence-corrected chi connectivity index (χ3v) is 8.27. The van der Waals surface area contributed by atoms with Gasteiger partial charge in [0.25, 0.3) is 0 Å². The van der Waals surface area contributed by atoms with Gasteiger partial charge in [-0.1, -0.05) is 50.2 Å². The molecular formula is C24H31N3O3S. The second-order valence-electron chi connectivity index (χ2n) is 8.74. The fraction of sp³-hybridized carbons (Fsp3) is 0.458. The molecule has 1 saturated heterocycles. The van der Waals surface area contributed by atoms with Crippen LogP contribution in [0, 0.1) is 0 Å². The van der Waals surface area contributed by atoms with Crippen molar-refractivity contribution < 1.29 is 13.2 Å². The van der Waals surface area contributed by atoms with Gasteiger partial charge in [-0.05, 0) is 41.2 Å². The van der Waals surface area contributed by atoms with E-state index in [2.05, 4.69) is 30.9 Å². The van der Waals surface area contributed by atoms with Crippen LogP contribution in [0.5, 0.6) is 0 Å². The van der Waals surface area contributed by atoms with E-state index in [-0.39, 0.29) is 5.91 Å². The van der Waals surface area contributed by atoms with E-state index in [0.717, 1.165) is 18.5 Å². The standard InChI is InChI=1S/C24H31N3O3S/c1-19(2)20-7-9-23(10-8-20)31(29,30)27-15-13-25(14-16-27)18-24(28)26-12-11-21-5-3-4-6-22(21)17-26/h3-10,19H,11-18H2,1-2H3. The first-order chi connectivity index (χ1) is 14.8. The average Bonchev–Trinajstić information content (AvgIpc) is 2.79. The van der Waals surface area contributed by atoms with Crippen molar-refractivity contribution >= 4 is 15.9 Å². The van der Waals surface area contributed by atoms with Gasteiger partial charge in [0, 0.05) is 39.3 Å². The van der Waals surface area contributed by atoms with E-state index in [4.69, 9.17) is 0 Å². The summed E-state index contributed by atoms with van der Waals surface area (Å²) < 4.78 is 27.5. The van der Waals surface area contributed by atoms with Crippen LogP contribution in [0.1, 0.15) is 36.5 Å². The minimum Gasteiger partial charge on any atom is -0.337 e. The second kappa shape index (κ2) is 9.10. The van der Waals surface area contributed by atoms with Crippen LogP contribution in [-0.4, -0.2) is 67.7 Å². The Morgan fingerprint density at radius 1 is 0.903 bits per heavy atom. The number of sulfonamides is 1. The zero-order valence-corrected chi connectivity index (χ0v) is 19.1. The van der Waals surface area contributed by atoms with Gasteiger partial charge < -0.3 is 4.90 Å². The van der Waals surface area contributed by atoms with Crippen molar-refractivity contribution in [3.8, 4) is 0 Å². The predicted octanol–water partition coefficient (Wildman–Crippen LogP) is 2.70. The molecule has 2 aliphatic rings. The first-order valence-electron chi connectivity index (χ1n) is 11.0. The number of carbonyl (C=O) groups is 1. The molecule has 1 fully saturated rings. The van der Waals surface area contributed by atoms with Crippen molar-refractivity contribution in [1.82, 2.24) is 14.1 Å². The molecule has 0 N–H and O–H groups in total. The average molecular weight is 442 g/mol. The Hall–Kier alpha value is -2.22. The molecule has 2 aromatic carbocycles. The predicted molar refractivity (Wildman–Crippen MR) is 121 cm³/mol. The zero-order chi connectivity index (χ0) is 22.0. The van der Waals surface area contributed by atoms with E-state index < -0.39 is 10.0 Å². The van der Waals surface area contributed by atoms with Gasteiger partial charge in [-0.2, -0.15) is 4.31 Å². The van der Waals surface area contributed by atoms with Gasteiger partial charge >= 0.3 is 0 Å². The normalized spacial score (nSPS) is 18.2. The summed E-state index contributed by atoms with van der Waals surface area (Å²) in [6, 6.07) is 15.5. The molecule has 0 unspecified atom stereocenters. The number of benzene rings is 2. The molecule has 31 heavy (non-hydrogen) atoms. The number of amides is 1. The van der Waals surface area contributed by atoms with Crippen molar-refractivity contribution in [2.75, 3.05) is 39.3 Å². The fourth-order valence-electron chi connectivity index (χ4n) is 4.30. The van der Waals surface area contributed by atoms with Gasteiger partial charge in [-0.3, -0.25) is 9.69 Å². The van der Waals surface area contributed by atoms with Crippen LogP contribution in [0.15, 0.2) is 53.4 Å². The van der Waals surface area contributed by atoms with Crippen LogP contribution < -0.4 is 0 Å². The summed E-state index contributed by atoms with van der Waals surface area (Å²) in [5, 5.41) is 0. The topological polar surface area (TPSA) is 60.9 Å². The van der Waals surface area contributed by atoms with E-state index in [0.29, 0.717) is 50.1 Å². The first kappa shape index (κ1) is 22.0. The van der Waals surface area contributed by atoms with Crippen molar-refractivity contribution in [3.63, 3.8) is 0 Å². The van der Waals surface area contributed by atoms with E-state index in [1.165, 1.54) is 15.4 Å². The maximum absolute atomic E-state index is 13.0. The zero-order valence-electron chi connectivity index (χ0n) is 18.3. The molecule has 0 radical (unpaired) electrons. The lowest BCUT2D eigenvalue weighted by Crippen LogP contribution is -2.51. The van der Waals surface area contributed by atoms with Gasteiger partial charge in [0.1, 0.15) is 0 Å². The van der Waals surface area contributed by atoms with Crippen LogP contribution in [0.2, 0.25) is 0 Å². The Balaban J connectivity index is 1.32. The lowest BCUT2D eigenvalue weighted by Gasteiger charge is -2.35. The monoisotopic (exact) mass is 441 g/mol. The third kappa shape index (κ3) is 4.84. The highest BCUT2D eigenvalue weighted by Gasteiger charge is 2.30.